The highest BCUT2D eigenvalue weighted by molar-refractivity contribution is 4.64. The van der Waals surface area contributed by atoms with Crippen LogP contribution in [0.25, 0.3) is 0 Å². The van der Waals surface area contributed by atoms with Crippen molar-refractivity contribution in [3.63, 3.8) is 0 Å². The topological polar surface area (TPSA) is 15.3 Å². The number of hydrogen-bond donors (Lipinski definition) is 1. The molecule has 1 unspecified atom stereocenters. The maximum atomic E-state index is 3.42. The fourth-order valence-corrected chi connectivity index (χ4v) is 1.45. The second-order valence-electron chi connectivity index (χ2n) is 4.40. The zero-order valence-electron chi connectivity index (χ0n) is 9.93. The van der Waals surface area contributed by atoms with Gasteiger partial charge in [0.05, 0.1) is 0 Å². The van der Waals surface area contributed by atoms with Crippen LogP contribution in [-0.4, -0.2) is 37.6 Å². The van der Waals surface area contributed by atoms with Crippen molar-refractivity contribution in [1.29, 1.82) is 0 Å². The molecule has 0 aromatic carbocycles. The molecule has 2 nitrogen and oxygen atoms in total. The standard InChI is InChI=1S/C11H26N2/c1-6-12-11(4)9-13(5)8-7-10(2)3/h10-12H,6-9H2,1-5H3. The van der Waals surface area contributed by atoms with Crippen LogP contribution in [0.2, 0.25) is 0 Å². The molecule has 2 heteroatoms. The van der Waals surface area contributed by atoms with Crippen molar-refractivity contribution in [3.8, 4) is 0 Å². The minimum Gasteiger partial charge on any atom is -0.313 e. The molecule has 0 aromatic rings. The van der Waals surface area contributed by atoms with Gasteiger partial charge in [0.2, 0.25) is 0 Å². The predicted molar refractivity (Wildman–Crippen MR) is 60.1 cm³/mol. The van der Waals surface area contributed by atoms with Crippen LogP contribution in [0.5, 0.6) is 0 Å². The Kier molecular flexibility index (Phi) is 7.29. The molecule has 0 aliphatic carbocycles. The molecule has 0 amide bonds. The zero-order chi connectivity index (χ0) is 10.3. The maximum Gasteiger partial charge on any atom is 0.0166 e. The van der Waals surface area contributed by atoms with E-state index in [0.717, 1.165) is 19.0 Å². The van der Waals surface area contributed by atoms with Gasteiger partial charge >= 0.3 is 0 Å². The van der Waals surface area contributed by atoms with Gasteiger partial charge in [-0.2, -0.15) is 0 Å². The summed E-state index contributed by atoms with van der Waals surface area (Å²) in [5.74, 6) is 0.817. The third-order valence-corrected chi connectivity index (χ3v) is 2.23. The van der Waals surface area contributed by atoms with E-state index >= 15 is 0 Å². The lowest BCUT2D eigenvalue weighted by molar-refractivity contribution is 0.281. The minimum absolute atomic E-state index is 0.613. The molecule has 0 aliphatic heterocycles. The first-order valence-electron chi connectivity index (χ1n) is 5.48. The molecule has 0 radical (unpaired) electrons. The van der Waals surface area contributed by atoms with Gasteiger partial charge in [-0.1, -0.05) is 20.8 Å². The third kappa shape index (κ3) is 8.26. The van der Waals surface area contributed by atoms with E-state index in [4.69, 9.17) is 0 Å². The van der Waals surface area contributed by atoms with Crippen LogP contribution in [0.3, 0.4) is 0 Å². The molecule has 80 valence electrons. The van der Waals surface area contributed by atoms with Crippen molar-refractivity contribution in [1.82, 2.24) is 10.2 Å². The fourth-order valence-electron chi connectivity index (χ4n) is 1.45. The van der Waals surface area contributed by atoms with Gasteiger partial charge in [-0.25, -0.2) is 0 Å². The predicted octanol–water partition coefficient (Wildman–Crippen LogP) is 1.96. The van der Waals surface area contributed by atoms with E-state index in [1.54, 1.807) is 0 Å². The van der Waals surface area contributed by atoms with Crippen LogP contribution in [-0.2, 0) is 0 Å². The van der Waals surface area contributed by atoms with Gasteiger partial charge in [0, 0.05) is 12.6 Å². The van der Waals surface area contributed by atoms with Gasteiger partial charge in [0.25, 0.3) is 0 Å². The van der Waals surface area contributed by atoms with Crippen molar-refractivity contribution in [3.05, 3.63) is 0 Å². The van der Waals surface area contributed by atoms with Crippen LogP contribution >= 0.6 is 0 Å². The summed E-state index contributed by atoms with van der Waals surface area (Å²) in [6.45, 7) is 12.4. The van der Waals surface area contributed by atoms with Gasteiger partial charge in [-0.3, -0.25) is 0 Å². The zero-order valence-corrected chi connectivity index (χ0v) is 9.93. The molecule has 0 aliphatic rings. The second-order valence-corrected chi connectivity index (χ2v) is 4.40. The lowest BCUT2D eigenvalue weighted by atomic mass is 10.1. The minimum atomic E-state index is 0.613. The van der Waals surface area contributed by atoms with Crippen LogP contribution in [0, 0.1) is 5.92 Å². The highest BCUT2D eigenvalue weighted by Crippen LogP contribution is 2.00. The van der Waals surface area contributed by atoms with Gasteiger partial charge in [-0.05, 0) is 39.4 Å². The van der Waals surface area contributed by atoms with Gasteiger partial charge in [0.1, 0.15) is 0 Å². The average molecular weight is 186 g/mol. The van der Waals surface area contributed by atoms with Crippen LogP contribution < -0.4 is 5.32 Å². The van der Waals surface area contributed by atoms with Crippen molar-refractivity contribution in [2.24, 2.45) is 5.92 Å². The highest BCUT2D eigenvalue weighted by atomic mass is 15.1. The summed E-state index contributed by atoms with van der Waals surface area (Å²) >= 11 is 0. The molecule has 13 heavy (non-hydrogen) atoms. The van der Waals surface area contributed by atoms with E-state index in [0.29, 0.717) is 6.04 Å². The van der Waals surface area contributed by atoms with E-state index in [9.17, 15) is 0 Å². The van der Waals surface area contributed by atoms with Crippen molar-refractivity contribution in [2.45, 2.75) is 40.2 Å². The highest BCUT2D eigenvalue weighted by Gasteiger charge is 2.04. The number of nitrogens with zero attached hydrogens (tertiary/aromatic N) is 1. The number of rotatable bonds is 7. The summed E-state index contributed by atoms with van der Waals surface area (Å²) in [5.41, 5.74) is 0. The van der Waals surface area contributed by atoms with Gasteiger partial charge in [0.15, 0.2) is 0 Å². The van der Waals surface area contributed by atoms with E-state index in [1.165, 1.54) is 13.0 Å². The maximum absolute atomic E-state index is 3.42. The summed E-state index contributed by atoms with van der Waals surface area (Å²) in [4.78, 5) is 2.41. The quantitative estimate of drug-likeness (QED) is 0.654. The Morgan fingerprint density at radius 2 is 1.85 bits per heavy atom. The van der Waals surface area contributed by atoms with Crippen molar-refractivity contribution < 1.29 is 0 Å². The monoisotopic (exact) mass is 186 g/mol. The first-order chi connectivity index (χ1) is 6.06. The molecule has 0 spiro atoms. The third-order valence-electron chi connectivity index (χ3n) is 2.23. The van der Waals surface area contributed by atoms with Crippen LogP contribution in [0.15, 0.2) is 0 Å². The summed E-state index contributed by atoms with van der Waals surface area (Å²) in [5, 5.41) is 3.42. The number of likely N-dealkylation sites (N-methyl/N-ethyl adjacent to an activating group) is 2. The number of nitrogens with one attached hydrogen (secondary N) is 1. The largest absolute Gasteiger partial charge is 0.313 e. The molecule has 0 aromatic heterocycles. The average Bonchev–Trinajstić information content (AvgIpc) is 2.01. The van der Waals surface area contributed by atoms with E-state index < -0.39 is 0 Å². The fraction of sp³-hybridized carbons (Fsp3) is 1.00. The Morgan fingerprint density at radius 3 is 2.31 bits per heavy atom. The molecule has 0 saturated heterocycles. The summed E-state index contributed by atoms with van der Waals surface area (Å²) in [7, 11) is 2.20. The first-order valence-corrected chi connectivity index (χ1v) is 5.48. The van der Waals surface area contributed by atoms with Gasteiger partial charge < -0.3 is 10.2 Å². The SMILES string of the molecule is CCNC(C)CN(C)CCC(C)C. The van der Waals surface area contributed by atoms with Gasteiger partial charge in [-0.15, -0.1) is 0 Å². The smallest absolute Gasteiger partial charge is 0.0166 e. The van der Waals surface area contributed by atoms with E-state index in [1.807, 2.05) is 0 Å². The summed E-state index contributed by atoms with van der Waals surface area (Å²) in [6.07, 6.45) is 1.30. The molecule has 1 N–H and O–H groups in total. The molecule has 0 heterocycles. The van der Waals surface area contributed by atoms with Crippen molar-refractivity contribution >= 4 is 0 Å². The Morgan fingerprint density at radius 1 is 1.23 bits per heavy atom. The molecule has 0 saturated carbocycles. The first kappa shape index (κ1) is 12.9. The Labute approximate surface area is 83.7 Å². The van der Waals surface area contributed by atoms with E-state index in [-0.39, 0.29) is 0 Å². The molecule has 0 rings (SSSR count). The van der Waals surface area contributed by atoms with Crippen LogP contribution in [0.4, 0.5) is 0 Å². The van der Waals surface area contributed by atoms with E-state index in [2.05, 4.69) is 45.0 Å². The molecule has 1 atom stereocenters. The van der Waals surface area contributed by atoms with Crippen molar-refractivity contribution in [2.75, 3.05) is 26.7 Å². The Hall–Kier alpha value is -0.0800. The number of hydrogen-bond acceptors (Lipinski definition) is 2. The summed E-state index contributed by atoms with van der Waals surface area (Å²) < 4.78 is 0. The molecular weight excluding hydrogens is 160 g/mol. The Bertz CT molecular complexity index is 113. The summed E-state index contributed by atoms with van der Waals surface area (Å²) in [6, 6.07) is 0.613. The molecule has 0 bridgehead atoms. The second kappa shape index (κ2) is 7.34. The Balaban J connectivity index is 3.43. The lowest BCUT2D eigenvalue weighted by Gasteiger charge is -2.22. The van der Waals surface area contributed by atoms with Crippen LogP contribution in [0.1, 0.15) is 34.1 Å². The molecule has 0 fully saturated rings. The normalized spacial score (nSPS) is 14.1. The molecular formula is C11H26N2. The lowest BCUT2D eigenvalue weighted by Crippen LogP contribution is -2.37.